The van der Waals surface area contributed by atoms with Crippen molar-refractivity contribution in [3.05, 3.63) is 0 Å². The van der Waals surface area contributed by atoms with Crippen molar-refractivity contribution in [1.82, 2.24) is 0 Å². The predicted molar refractivity (Wildman–Crippen MR) is 58.2 cm³/mol. The van der Waals surface area contributed by atoms with Crippen LogP contribution in [0.25, 0.3) is 0 Å². The molecule has 12 heavy (non-hydrogen) atoms. The zero-order valence-electron chi connectivity index (χ0n) is 8.05. The van der Waals surface area contributed by atoms with Crippen LogP contribution in [0.2, 0.25) is 12.1 Å². The maximum atomic E-state index is 5.75. The number of thiol groups is 1. The zero-order chi connectivity index (χ0) is 8.97. The van der Waals surface area contributed by atoms with Gasteiger partial charge in [0.25, 0.3) is 0 Å². The molecule has 1 atom stereocenters. The Labute approximate surface area is 83.0 Å². The molecule has 71 valence electrons. The van der Waals surface area contributed by atoms with E-state index in [1.165, 1.54) is 24.9 Å². The van der Waals surface area contributed by atoms with Gasteiger partial charge in [-0.1, -0.05) is 20.3 Å². The van der Waals surface area contributed by atoms with Crippen molar-refractivity contribution in [2.45, 2.75) is 44.0 Å². The Hall–Kier alpha value is 0.527. The van der Waals surface area contributed by atoms with E-state index in [1.54, 1.807) is 0 Å². The quantitative estimate of drug-likeness (QED) is 0.548. The molecule has 1 aliphatic rings. The molecule has 1 fully saturated rings. The summed E-state index contributed by atoms with van der Waals surface area (Å²) < 4.78 is 5.75. The van der Waals surface area contributed by atoms with Crippen LogP contribution in [0.15, 0.2) is 0 Å². The molecule has 0 aromatic carbocycles. The SMILES string of the molecule is CC(C)C(S)C[Si]1CCCCO1. The van der Waals surface area contributed by atoms with Crippen molar-refractivity contribution < 1.29 is 4.43 Å². The average Bonchev–Trinajstić information content (AvgIpc) is 2.06. The zero-order valence-corrected chi connectivity index (χ0v) is 9.94. The number of hydrogen-bond donors (Lipinski definition) is 1. The molecule has 1 aliphatic heterocycles. The normalized spacial score (nSPS) is 23.0. The van der Waals surface area contributed by atoms with E-state index in [0.717, 1.165) is 6.61 Å². The molecule has 0 spiro atoms. The molecule has 1 radical (unpaired) electrons. The van der Waals surface area contributed by atoms with Gasteiger partial charge in [0.1, 0.15) is 0 Å². The second-order valence-corrected chi connectivity index (χ2v) is 6.80. The lowest BCUT2D eigenvalue weighted by molar-refractivity contribution is 0.285. The Morgan fingerprint density at radius 3 is 2.67 bits per heavy atom. The van der Waals surface area contributed by atoms with E-state index in [1.807, 2.05) is 0 Å². The molecule has 0 aliphatic carbocycles. The smallest absolute Gasteiger partial charge is 0.212 e. The third-order valence-electron chi connectivity index (χ3n) is 2.36. The molecule has 0 bridgehead atoms. The van der Waals surface area contributed by atoms with Gasteiger partial charge in [-0.05, 0) is 24.4 Å². The first-order valence-corrected chi connectivity index (χ1v) is 7.19. The summed E-state index contributed by atoms with van der Waals surface area (Å²) in [5.41, 5.74) is 0. The van der Waals surface area contributed by atoms with Gasteiger partial charge >= 0.3 is 0 Å². The van der Waals surface area contributed by atoms with E-state index in [-0.39, 0.29) is 0 Å². The van der Waals surface area contributed by atoms with Crippen molar-refractivity contribution in [1.29, 1.82) is 0 Å². The van der Waals surface area contributed by atoms with Gasteiger partial charge in [0.15, 0.2) is 0 Å². The minimum atomic E-state index is -0.468. The van der Waals surface area contributed by atoms with Gasteiger partial charge in [-0.3, -0.25) is 0 Å². The average molecular weight is 203 g/mol. The van der Waals surface area contributed by atoms with Gasteiger partial charge in [0, 0.05) is 11.9 Å². The molecule has 0 aromatic rings. The van der Waals surface area contributed by atoms with E-state index in [0.29, 0.717) is 11.2 Å². The lowest BCUT2D eigenvalue weighted by Crippen LogP contribution is -2.27. The summed E-state index contributed by atoms with van der Waals surface area (Å²) in [5, 5.41) is 0.553. The van der Waals surface area contributed by atoms with Crippen LogP contribution in [0, 0.1) is 5.92 Å². The molecule has 1 heterocycles. The fourth-order valence-corrected chi connectivity index (χ4v) is 4.44. The lowest BCUT2D eigenvalue weighted by atomic mass is 10.1. The van der Waals surface area contributed by atoms with Crippen molar-refractivity contribution in [2.75, 3.05) is 6.61 Å². The van der Waals surface area contributed by atoms with E-state index in [9.17, 15) is 0 Å². The fraction of sp³-hybridized carbons (Fsp3) is 1.00. The van der Waals surface area contributed by atoms with E-state index >= 15 is 0 Å². The molecule has 1 nitrogen and oxygen atoms in total. The summed E-state index contributed by atoms with van der Waals surface area (Å²) in [6, 6.07) is 2.57. The highest BCUT2D eigenvalue weighted by atomic mass is 32.1. The van der Waals surface area contributed by atoms with Crippen LogP contribution in [0.3, 0.4) is 0 Å². The minimum Gasteiger partial charge on any atom is -0.417 e. The molecular formula is C9H19OSSi. The van der Waals surface area contributed by atoms with E-state index < -0.39 is 9.04 Å². The first-order chi connectivity index (χ1) is 5.70. The highest BCUT2D eigenvalue weighted by Crippen LogP contribution is 2.21. The molecule has 1 rings (SSSR count). The van der Waals surface area contributed by atoms with Crippen molar-refractivity contribution in [2.24, 2.45) is 5.92 Å². The van der Waals surface area contributed by atoms with Crippen LogP contribution < -0.4 is 0 Å². The van der Waals surface area contributed by atoms with Gasteiger partial charge < -0.3 is 4.43 Å². The third-order valence-corrected chi connectivity index (χ3v) is 5.90. The molecule has 0 aromatic heterocycles. The Morgan fingerprint density at radius 1 is 1.42 bits per heavy atom. The molecule has 1 saturated heterocycles. The standard InChI is InChI=1S/C9H19OSSi/c1-8(2)9(11)7-12-6-4-3-5-10-12/h8-9,11H,3-7H2,1-2H3. The summed E-state index contributed by atoms with van der Waals surface area (Å²) in [4.78, 5) is 0. The summed E-state index contributed by atoms with van der Waals surface area (Å²) in [5.74, 6) is 0.691. The van der Waals surface area contributed by atoms with Gasteiger partial charge in [0.2, 0.25) is 9.04 Å². The molecule has 0 saturated carbocycles. The lowest BCUT2D eigenvalue weighted by Gasteiger charge is -2.24. The molecule has 1 unspecified atom stereocenters. The first kappa shape index (κ1) is 10.6. The number of hydrogen-bond acceptors (Lipinski definition) is 2. The highest BCUT2D eigenvalue weighted by molar-refractivity contribution is 7.81. The Bertz CT molecular complexity index is 124. The Balaban J connectivity index is 2.20. The summed E-state index contributed by atoms with van der Waals surface area (Å²) >= 11 is 4.58. The summed E-state index contributed by atoms with van der Waals surface area (Å²) in [6.07, 6.45) is 2.65. The Kier molecular flexibility index (Phi) is 4.68. The molecule has 0 N–H and O–H groups in total. The van der Waals surface area contributed by atoms with Crippen molar-refractivity contribution in [3.63, 3.8) is 0 Å². The van der Waals surface area contributed by atoms with Crippen LogP contribution >= 0.6 is 12.6 Å². The van der Waals surface area contributed by atoms with Crippen molar-refractivity contribution in [3.8, 4) is 0 Å². The highest BCUT2D eigenvalue weighted by Gasteiger charge is 2.21. The minimum absolute atomic E-state index is 0.468. The maximum absolute atomic E-state index is 5.75. The second kappa shape index (κ2) is 5.30. The second-order valence-electron chi connectivity index (χ2n) is 3.86. The van der Waals surface area contributed by atoms with Crippen LogP contribution in [-0.4, -0.2) is 20.9 Å². The monoisotopic (exact) mass is 203 g/mol. The maximum Gasteiger partial charge on any atom is 0.212 e. The summed E-state index contributed by atoms with van der Waals surface area (Å²) in [7, 11) is -0.468. The molecule has 3 heteroatoms. The Morgan fingerprint density at radius 2 is 2.17 bits per heavy atom. The van der Waals surface area contributed by atoms with Crippen LogP contribution in [-0.2, 0) is 4.43 Å². The van der Waals surface area contributed by atoms with Crippen molar-refractivity contribution >= 4 is 21.7 Å². The van der Waals surface area contributed by atoms with Gasteiger partial charge in [-0.2, -0.15) is 12.6 Å². The number of rotatable bonds is 3. The summed E-state index contributed by atoms with van der Waals surface area (Å²) in [6.45, 7) is 5.48. The molecular weight excluding hydrogens is 184 g/mol. The van der Waals surface area contributed by atoms with Crippen LogP contribution in [0.5, 0.6) is 0 Å². The topological polar surface area (TPSA) is 9.23 Å². The van der Waals surface area contributed by atoms with Crippen LogP contribution in [0.4, 0.5) is 0 Å². The van der Waals surface area contributed by atoms with Crippen LogP contribution in [0.1, 0.15) is 26.7 Å². The van der Waals surface area contributed by atoms with Gasteiger partial charge in [-0.15, -0.1) is 0 Å². The largest absolute Gasteiger partial charge is 0.417 e. The molecule has 0 amide bonds. The fourth-order valence-electron chi connectivity index (χ4n) is 1.34. The van der Waals surface area contributed by atoms with E-state index in [4.69, 9.17) is 4.43 Å². The first-order valence-electron chi connectivity index (χ1n) is 4.85. The van der Waals surface area contributed by atoms with Gasteiger partial charge in [0.05, 0.1) is 0 Å². The van der Waals surface area contributed by atoms with E-state index in [2.05, 4.69) is 26.5 Å². The van der Waals surface area contributed by atoms with Gasteiger partial charge in [-0.25, -0.2) is 0 Å². The third kappa shape index (κ3) is 3.50. The predicted octanol–water partition coefficient (Wildman–Crippen LogP) is 2.74.